The fourth-order valence-electron chi connectivity index (χ4n) is 3.50. The van der Waals surface area contributed by atoms with Gasteiger partial charge in [-0.3, -0.25) is 4.68 Å². The average molecular weight is 378 g/mol. The Labute approximate surface area is 151 Å². The van der Waals surface area contributed by atoms with Crippen molar-refractivity contribution >= 4 is 10.0 Å². The number of rotatable bonds is 6. The Morgan fingerprint density at radius 3 is 2.58 bits per heavy atom. The van der Waals surface area contributed by atoms with Gasteiger partial charge < -0.3 is 10.2 Å². The smallest absolute Gasteiger partial charge is 0.240 e. The minimum absolute atomic E-state index is 0.135. The summed E-state index contributed by atoms with van der Waals surface area (Å²) in [7, 11) is -3.75. The molecule has 0 radical (unpaired) electrons. The maximum absolute atomic E-state index is 12.5. The lowest BCUT2D eigenvalue weighted by atomic mass is 10.1. The van der Waals surface area contributed by atoms with Crippen LogP contribution < -0.4 is 4.72 Å². The van der Waals surface area contributed by atoms with E-state index in [2.05, 4.69) is 15.0 Å². The number of benzene rings is 1. The first-order chi connectivity index (χ1) is 12.4. The van der Waals surface area contributed by atoms with Gasteiger partial charge in [0.1, 0.15) is 0 Å². The van der Waals surface area contributed by atoms with E-state index >= 15 is 0 Å². The van der Waals surface area contributed by atoms with Gasteiger partial charge in [-0.05, 0) is 31.4 Å². The molecular weight excluding hydrogens is 356 g/mol. The van der Waals surface area contributed by atoms with Crippen molar-refractivity contribution in [1.82, 2.24) is 19.7 Å². The van der Waals surface area contributed by atoms with Crippen LogP contribution in [0.3, 0.4) is 0 Å². The van der Waals surface area contributed by atoms with Crippen LogP contribution in [0.25, 0.3) is 0 Å². The van der Waals surface area contributed by atoms with Crippen molar-refractivity contribution in [1.29, 1.82) is 0 Å². The number of nitrogens with zero attached hydrogens (tertiary/aromatic N) is 3. The molecule has 0 saturated heterocycles. The zero-order chi connectivity index (χ0) is 18.3. The van der Waals surface area contributed by atoms with Gasteiger partial charge in [0.2, 0.25) is 10.0 Å². The van der Waals surface area contributed by atoms with E-state index in [9.17, 15) is 18.6 Å². The van der Waals surface area contributed by atoms with Crippen LogP contribution in [0.15, 0.2) is 41.4 Å². The molecular formula is C17H22N4O4S. The largest absolute Gasteiger partial charge is 0.390 e. The van der Waals surface area contributed by atoms with Crippen molar-refractivity contribution < 1.29 is 18.6 Å². The van der Waals surface area contributed by atoms with E-state index in [-0.39, 0.29) is 10.8 Å². The molecule has 0 aliphatic heterocycles. The molecule has 0 amide bonds. The first kappa shape index (κ1) is 17.6. The van der Waals surface area contributed by atoms with Crippen molar-refractivity contribution in [2.24, 2.45) is 5.92 Å². The fourth-order valence-corrected chi connectivity index (χ4v) is 4.78. The van der Waals surface area contributed by atoms with Crippen LogP contribution in [0.5, 0.6) is 0 Å². The highest BCUT2D eigenvalue weighted by atomic mass is 32.2. The van der Waals surface area contributed by atoms with Gasteiger partial charge in [-0.2, -0.15) is 0 Å². The predicted molar refractivity (Wildman–Crippen MR) is 92.7 cm³/mol. The fraction of sp³-hybridized carbons (Fsp3) is 0.529. The zero-order valence-corrected chi connectivity index (χ0v) is 15.0. The highest BCUT2D eigenvalue weighted by Crippen LogP contribution is 2.38. The molecule has 3 N–H and O–H groups in total. The van der Waals surface area contributed by atoms with E-state index in [0.717, 1.165) is 18.5 Å². The second-order valence-corrected chi connectivity index (χ2v) is 8.87. The molecule has 1 aromatic carbocycles. The molecule has 2 aromatic rings. The minimum Gasteiger partial charge on any atom is -0.390 e. The van der Waals surface area contributed by atoms with Gasteiger partial charge in [-0.25, -0.2) is 13.1 Å². The first-order valence-electron chi connectivity index (χ1n) is 8.77. The van der Waals surface area contributed by atoms with E-state index < -0.39 is 28.3 Å². The topological polar surface area (TPSA) is 117 Å². The molecule has 9 heteroatoms. The third-order valence-corrected chi connectivity index (χ3v) is 6.64. The van der Waals surface area contributed by atoms with Gasteiger partial charge in [0, 0.05) is 24.6 Å². The molecule has 2 fully saturated rings. The standard InChI is InChI=1S/C17H22N4O4S/c22-16-12(9-21-10-15(18-20-21)11-6-7-11)8-14(17(16)23)19-26(24,25)13-4-2-1-3-5-13/h1-5,10-12,14,16-17,19,22-23H,6-9H2. The van der Waals surface area contributed by atoms with Gasteiger partial charge in [0.25, 0.3) is 0 Å². The third kappa shape index (κ3) is 3.52. The van der Waals surface area contributed by atoms with Crippen LogP contribution in [0, 0.1) is 5.92 Å². The summed E-state index contributed by atoms with van der Waals surface area (Å²) < 4.78 is 29.1. The third-order valence-electron chi connectivity index (χ3n) is 5.14. The van der Waals surface area contributed by atoms with Crippen LogP contribution in [0.1, 0.15) is 30.9 Å². The number of hydrogen-bond donors (Lipinski definition) is 3. The summed E-state index contributed by atoms with van der Waals surface area (Å²) in [5.74, 6) is 0.190. The second-order valence-electron chi connectivity index (χ2n) is 7.16. The van der Waals surface area contributed by atoms with E-state index in [1.807, 2.05) is 6.20 Å². The van der Waals surface area contributed by atoms with Crippen molar-refractivity contribution in [3.8, 4) is 0 Å². The molecule has 2 aliphatic carbocycles. The summed E-state index contributed by atoms with van der Waals surface area (Å²) in [5.41, 5.74) is 0.958. The summed E-state index contributed by atoms with van der Waals surface area (Å²) in [6.07, 6.45) is 2.28. The molecule has 1 heterocycles. The summed E-state index contributed by atoms with van der Waals surface area (Å²) in [6, 6.07) is 7.25. The molecule has 8 nitrogen and oxygen atoms in total. The lowest BCUT2D eigenvalue weighted by Gasteiger charge is -2.18. The van der Waals surface area contributed by atoms with Crippen LogP contribution in [-0.2, 0) is 16.6 Å². The Bertz CT molecular complexity index is 866. The molecule has 2 aliphatic rings. The van der Waals surface area contributed by atoms with E-state index in [1.165, 1.54) is 12.1 Å². The number of aliphatic hydroxyl groups excluding tert-OH is 2. The molecule has 140 valence electrons. The van der Waals surface area contributed by atoms with E-state index in [1.54, 1.807) is 22.9 Å². The first-order valence-corrected chi connectivity index (χ1v) is 10.3. The Balaban J connectivity index is 1.43. The van der Waals surface area contributed by atoms with Crippen LogP contribution in [0.4, 0.5) is 0 Å². The Morgan fingerprint density at radius 2 is 1.88 bits per heavy atom. The van der Waals surface area contributed by atoms with Gasteiger partial charge in [0.15, 0.2) is 0 Å². The zero-order valence-electron chi connectivity index (χ0n) is 14.1. The summed E-state index contributed by atoms with van der Waals surface area (Å²) in [4.78, 5) is 0.135. The maximum Gasteiger partial charge on any atom is 0.240 e. The molecule has 2 saturated carbocycles. The van der Waals surface area contributed by atoms with Gasteiger partial charge in [0.05, 0.1) is 28.8 Å². The van der Waals surface area contributed by atoms with Crippen molar-refractivity contribution in [3.05, 3.63) is 42.2 Å². The quantitative estimate of drug-likeness (QED) is 0.663. The summed E-state index contributed by atoms with van der Waals surface area (Å²) >= 11 is 0. The Morgan fingerprint density at radius 1 is 1.15 bits per heavy atom. The Kier molecular flexibility index (Phi) is 4.55. The highest BCUT2D eigenvalue weighted by Gasteiger charge is 2.43. The van der Waals surface area contributed by atoms with Crippen LogP contribution >= 0.6 is 0 Å². The predicted octanol–water partition coefficient (Wildman–Crippen LogP) is 0.244. The number of hydrogen-bond acceptors (Lipinski definition) is 6. The molecule has 4 rings (SSSR count). The molecule has 26 heavy (non-hydrogen) atoms. The van der Waals surface area contributed by atoms with E-state index in [4.69, 9.17) is 0 Å². The van der Waals surface area contributed by atoms with Crippen LogP contribution in [-0.4, -0.2) is 51.9 Å². The molecule has 0 spiro atoms. The number of nitrogens with one attached hydrogen (secondary N) is 1. The van der Waals surface area contributed by atoms with E-state index in [0.29, 0.717) is 18.9 Å². The highest BCUT2D eigenvalue weighted by molar-refractivity contribution is 7.89. The van der Waals surface area contributed by atoms with Gasteiger partial charge in [-0.1, -0.05) is 23.4 Å². The summed E-state index contributed by atoms with van der Waals surface area (Å²) in [6.45, 7) is 0.390. The molecule has 4 atom stereocenters. The van der Waals surface area contributed by atoms with Crippen LogP contribution in [0.2, 0.25) is 0 Å². The number of aliphatic hydroxyl groups is 2. The average Bonchev–Trinajstić information content (AvgIpc) is 3.33. The molecule has 0 bridgehead atoms. The van der Waals surface area contributed by atoms with Crippen molar-refractivity contribution in [2.45, 2.75) is 54.9 Å². The lowest BCUT2D eigenvalue weighted by Crippen LogP contribution is -2.43. The SMILES string of the molecule is O=S(=O)(NC1CC(Cn2cc(C3CC3)nn2)C(O)C1O)c1ccccc1. The normalized spacial score (nSPS) is 29.2. The monoisotopic (exact) mass is 378 g/mol. The van der Waals surface area contributed by atoms with Crippen molar-refractivity contribution in [3.63, 3.8) is 0 Å². The molecule has 4 unspecified atom stereocenters. The van der Waals surface area contributed by atoms with Gasteiger partial charge in [-0.15, -0.1) is 5.10 Å². The minimum atomic E-state index is -3.75. The number of aromatic nitrogens is 3. The Hall–Kier alpha value is -1.81. The number of sulfonamides is 1. The van der Waals surface area contributed by atoms with Crippen molar-refractivity contribution in [2.75, 3.05) is 0 Å². The van der Waals surface area contributed by atoms with Gasteiger partial charge >= 0.3 is 0 Å². The lowest BCUT2D eigenvalue weighted by molar-refractivity contribution is 0.00972. The molecule has 1 aromatic heterocycles. The second kappa shape index (κ2) is 6.73. The summed E-state index contributed by atoms with van der Waals surface area (Å²) in [5, 5.41) is 28.9. The maximum atomic E-state index is 12.5.